The molecule has 1 atom stereocenters. The van der Waals surface area contributed by atoms with Crippen LogP contribution in [0.2, 0.25) is 0 Å². The Bertz CT molecular complexity index is 499. The average molecular weight is 329 g/mol. The zero-order chi connectivity index (χ0) is 17.0. The van der Waals surface area contributed by atoms with Gasteiger partial charge in [-0.2, -0.15) is 0 Å². The lowest BCUT2D eigenvalue weighted by atomic mass is 10.1. The molecule has 1 unspecified atom stereocenters. The molecule has 1 N–H and O–H groups in total. The summed E-state index contributed by atoms with van der Waals surface area (Å²) in [6.45, 7) is 4.80. The van der Waals surface area contributed by atoms with Gasteiger partial charge in [-0.3, -0.25) is 4.21 Å². The molecule has 0 heterocycles. The molecular formula is C15H23NO5S. The predicted molar refractivity (Wildman–Crippen MR) is 86.7 cm³/mol. The first-order chi connectivity index (χ1) is 10.6. The Hall–Kier alpha value is -1.73. The molecule has 0 aliphatic carbocycles. The van der Waals surface area contributed by atoms with E-state index >= 15 is 0 Å². The van der Waals surface area contributed by atoms with Crippen molar-refractivity contribution >= 4 is 22.5 Å². The highest BCUT2D eigenvalue weighted by Crippen LogP contribution is 2.09. The van der Waals surface area contributed by atoms with E-state index in [1.54, 1.807) is 37.6 Å². The fourth-order valence-electron chi connectivity index (χ4n) is 1.40. The van der Waals surface area contributed by atoms with Crippen LogP contribution >= 0.6 is 0 Å². The number of hydrogen-bond donors (Lipinski definition) is 1. The number of oxime groups is 1. The first kappa shape index (κ1) is 20.3. The quantitative estimate of drug-likeness (QED) is 0.449. The molecule has 1 aromatic carbocycles. The Labute approximate surface area is 133 Å². The number of aliphatic carboxylic acids is 1. The van der Waals surface area contributed by atoms with Gasteiger partial charge in [0, 0.05) is 47.7 Å². The van der Waals surface area contributed by atoms with Gasteiger partial charge >= 0.3 is 5.97 Å². The molecule has 0 saturated heterocycles. The van der Waals surface area contributed by atoms with Gasteiger partial charge in [0.15, 0.2) is 5.71 Å². The van der Waals surface area contributed by atoms with Crippen molar-refractivity contribution in [1.29, 1.82) is 0 Å². The van der Waals surface area contributed by atoms with E-state index in [2.05, 4.69) is 5.16 Å². The maximum atomic E-state index is 11.3. The maximum Gasteiger partial charge on any atom is 0.358 e. The molecule has 0 fully saturated rings. The number of carboxylic acids is 1. The van der Waals surface area contributed by atoms with Crippen LogP contribution in [0, 0.1) is 0 Å². The fourth-order valence-corrected chi connectivity index (χ4v) is 1.92. The minimum absolute atomic E-state index is 0.184. The monoisotopic (exact) mass is 329 g/mol. The second kappa shape index (κ2) is 11.9. The molecule has 22 heavy (non-hydrogen) atoms. The Kier molecular flexibility index (Phi) is 10.9. The third kappa shape index (κ3) is 7.33. The van der Waals surface area contributed by atoms with E-state index in [4.69, 9.17) is 14.7 Å². The number of carboxylic acid groups (broad SMARTS) is 1. The molecule has 124 valence electrons. The van der Waals surface area contributed by atoms with Crippen LogP contribution < -0.4 is 0 Å². The van der Waals surface area contributed by atoms with Gasteiger partial charge in [0.1, 0.15) is 6.61 Å². The predicted octanol–water partition coefficient (Wildman–Crippen LogP) is 2.29. The summed E-state index contributed by atoms with van der Waals surface area (Å²) in [5.74, 6) is -1.18. The van der Waals surface area contributed by atoms with Gasteiger partial charge in [-0.25, -0.2) is 4.79 Å². The Balaban J connectivity index is 0.00000211. The van der Waals surface area contributed by atoms with Crippen molar-refractivity contribution in [2.24, 2.45) is 5.16 Å². The highest BCUT2D eigenvalue weighted by molar-refractivity contribution is 7.84. The van der Waals surface area contributed by atoms with E-state index in [9.17, 15) is 9.00 Å². The summed E-state index contributed by atoms with van der Waals surface area (Å²) >= 11 is 0. The summed E-state index contributed by atoms with van der Waals surface area (Å²) in [5.41, 5.74) is 0.217. The van der Waals surface area contributed by atoms with Crippen molar-refractivity contribution in [3.8, 4) is 0 Å². The van der Waals surface area contributed by atoms with Crippen LogP contribution in [0.1, 0.15) is 25.8 Å². The summed E-state index contributed by atoms with van der Waals surface area (Å²) < 4.78 is 16.1. The summed E-state index contributed by atoms with van der Waals surface area (Å²) in [6, 6.07) is 6.33. The third-order valence-electron chi connectivity index (χ3n) is 2.40. The van der Waals surface area contributed by atoms with Crippen LogP contribution in [-0.4, -0.2) is 47.6 Å². The molecular weight excluding hydrogens is 306 g/mol. The minimum atomic E-state index is -1.18. The SMILES string of the molecule is CC.COCCCO/N=C(/C(=O)O)c1ccc(S(C)=O)cc1. The van der Waals surface area contributed by atoms with E-state index in [1.807, 2.05) is 13.8 Å². The molecule has 7 heteroatoms. The topological polar surface area (TPSA) is 85.2 Å². The van der Waals surface area contributed by atoms with Crippen molar-refractivity contribution < 1.29 is 23.7 Å². The summed E-state index contributed by atoms with van der Waals surface area (Å²) in [4.78, 5) is 16.7. The standard InChI is InChI=1S/C13H17NO5S.C2H6/c1-18-8-3-9-19-14-12(13(15)16)10-4-6-11(7-5-10)20(2)17;1-2/h4-7H,3,8-9H2,1-2H3,(H,15,16);1-2H3/b14-12+;. The summed E-state index contributed by atoms with van der Waals surface area (Å²) in [7, 11) is 0.472. The van der Waals surface area contributed by atoms with Crippen LogP contribution in [0.5, 0.6) is 0 Å². The fraction of sp³-hybridized carbons (Fsp3) is 0.467. The first-order valence-electron chi connectivity index (χ1n) is 6.92. The largest absolute Gasteiger partial charge is 0.476 e. The van der Waals surface area contributed by atoms with Gasteiger partial charge < -0.3 is 14.7 Å². The molecule has 0 aliphatic heterocycles. The van der Waals surface area contributed by atoms with Gasteiger partial charge in [0.25, 0.3) is 0 Å². The molecule has 0 saturated carbocycles. The van der Waals surface area contributed by atoms with E-state index in [1.165, 1.54) is 0 Å². The first-order valence-corrected chi connectivity index (χ1v) is 8.48. The number of nitrogens with zero attached hydrogens (tertiary/aromatic N) is 1. The average Bonchev–Trinajstić information content (AvgIpc) is 2.52. The number of rotatable bonds is 8. The van der Waals surface area contributed by atoms with E-state index < -0.39 is 16.8 Å². The van der Waals surface area contributed by atoms with Crippen molar-refractivity contribution in [3.05, 3.63) is 29.8 Å². The zero-order valence-electron chi connectivity index (χ0n) is 13.4. The Morgan fingerprint density at radius 3 is 2.27 bits per heavy atom. The lowest BCUT2D eigenvalue weighted by Crippen LogP contribution is -2.15. The second-order valence-corrected chi connectivity index (χ2v) is 5.28. The number of carbonyl (C=O) groups is 1. The van der Waals surface area contributed by atoms with E-state index in [-0.39, 0.29) is 12.3 Å². The Morgan fingerprint density at radius 2 is 1.82 bits per heavy atom. The van der Waals surface area contributed by atoms with Crippen LogP contribution in [0.3, 0.4) is 0 Å². The smallest absolute Gasteiger partial charge is 0.358 e. The maximum absolute atomic E-state index is 11.3. The lowest BCUT2D eigenvalue weighted by molar-refractivity contribution is -0.129. The van der Waals surface area contributed by atoms with Gasteiger partial charge in [-0.05, 0) is 12.1 Å². The molecule has 6 nitrogen and oxygen atoms in total. The second-order valence-electron chi connectivity index (χ2n) is 3.90. The van der Waals surface area contributed by atoms with Gasteiger partial charge in [-0.15, -0.1) is 0 Å². The number of benzene rings is 1. The van der Waals surface area contributed by atoms with Crippen molar-refractivity contribution in [2.75, 3.05) is 26.6 Å². The molecule has 0 aromatic heterocycles. The van der Waals surface area contributed by atoms with Gasteiger partial charge in [0.2, 0.25) is 0 Å². The molecule has 0 amide bonds. The molecule has 0 spiro atoms. The molecule has 0 radical (unpaired) electrons. The number of ether oxygens (including phenoxy) is 1. The minimum Gasteiger partial charge on any atom is -0.476 e. The van der Waals surface area contributed by atoms with Crippen molar-refractivity contribution in [2.45, 2.75) is 25.2 Å². The normalized spacial score (nSPS) is 12.1. The third-order valence-corrected chi connectivity index (χ3v) is 3.34. The number of hydrogen-bond acceptors (Lipinski definition) is 5. The van der Waals surface area contributed by atoms with Crippen LogP contribution in [0.4, 0.5) is 0 Å². The van der Waals surface area contributed by atoms with Crippen LogP contribution in [0.15, 0.2) is 34.3 Å². The molecule has 0 bridgehead atoms. The summed E-state index contributed by atoms with van der Waals surface area (Å²) in [6.07, 6.45) is 2.18. The molecule has 0 aliphatic rings. The highest BCUT2D eigenvalue weighted by Gasteiger charge is 2.13. The molecule has 1 aromatic rings. The van der Waals surface area contributed by atoms with Gasteiger partial charge in [0.05, 0.1) is 0 Å². The molecule has 1 rings (SSSR count). The van der Waals surface area contributed by atoms with Crippen LogP contribution in [0.25, 0.3) is 0 Å². The number of methoxy groups -OCH3 is 1. The van der Waals surface area contributed by atoms with Crippen molar-refractivity contribution in [3.63, 3.8) is 0 Å². The van der Waals surface area contributed by atoms with E-state index in [0.29, 0.717) is 23.5 Å². The van der Waals surface area contributed by atoms with Crippen LogP contribution in [-0.2, 0) is 25.2 Å². The Morgan fingerprint density at radius 1 is 1.23 bits per heavy atom. The van der Waals surface area contributed by atoms with Crippen molar-refractivity contribution in [1.82, 2.24) is 0 Å². The van der Waals surface area contributed by atoms with Gasteiger partial charge in [-0.1, -0.05) is 31.1 Å². The van der Waals surface area contributed by atoms with E-state index in [0.717, 1.165) is 0 Å². The zero-order valence-corrected chi connectivity index (χ0v) is 14.2. The summed E-state index contributed by atoms with van der Waals surface area (Å²) in [5, 5.41) is 12.7. The lowest BCUT2D eigenvalue weighted by Gasteiger charge is -2.04. The highest BCUT2D eigenvalue weighted by atomic mass is 32.2.